The minimum Gasteiger partial charge on any atom is -0.214 e. The third-order valence-electron chi connectivity index (χ3n) is 3.12. The Morgan fingerprint density at radius 3 is 2.32 bits per heavy atom. The number of hydrogen-bond donors (Lipinski definition) is 0. The van der Waals surface area contributed by atoms with E-state index in [0.29, 0.717) is 0 Å². The second-order valence-electron chi connectivity index (χ2n) is 4.29. The normalized spacial score (nSPS) is 21.1. The van der Waals surface area contributed by atoms with Crippen LogP contribution in [0.3, 0.4) is 0 Å². The van der Waals surface area contributed by atoms with Crippen molar-refractivity contribution >= 4 is 23.2 Å². The molecule has 1 unspecified atom stereocenters. The Morgan fingerprint density at radius 1 is 1.16 bits per heavy atom. The summed E-state index contributed by atoms with van der Waals surface area (Å²) in [4.78, 5) is 0.280. The number of likely N-dealkylation sites (tertiary alicyclic amines) is 1. The zero-order chi connectivity index (χ0) is 14.4. The fourth-order valence-electron chi connectivity index (χ4n) is 2.13. The summed E-state index contributed by atoms with van der Waals surface area (Å²) in [6, 6.07) is 1.00. The molecule has 1 atom stereocenters. The smallest absolute Gasteiger partial charge is 0.214 e. The maximum Gasteiger partial charge on any atom is 0.459 e. The molecule has 0 amide bonds. The molecule has 1 nitrogen and oxygen atoms in total. The summed E-state index contributed by atoms with van der Waals surface area (Å²) < 4.78 is 64.5. The van der Waals surface area contributed by atoms with Crippen molar-refractivity contribution in [2.75, 3.05) is 13.1 Å². The highest BCUT2D eigenvalue weighted by Gasteiger charge is 2.42. The van der Waals surface area contributed by atoms with Gasteiger partial charge in [-0.05, 0) is 18.1 Å². The molecule has 0 saturated carbocycles. The van der Waals surface area contributed by atoms with E-state index in [4.69, 9.17) is 23.2 Å². The Bertz CT molecular complexity index is 503. The molecule has 0 N–H and O–H groups in total. The van der Waals surface area contributed by atoms with Gasteiger partial charge in [-0.3, -0.25) is 0 Å². The molecule has 2 rings (SSSR count). The van der Waals surface area contributed by atoms with Gasteiger partial charge in [0.15, 0.2) is 5.82 Å². The first kappa shape index (κ1) is 14.8. The summed E-state index contributed by atoms with van der Waals surface area (Å²) in [6.45, 7) is -0.626. The summed E-state index contributed by atoms with van der Waals surface area (Å²) in [5.41, 5.74) is -0.0804. The van der Waals surface area contributed by atoms with E-state index in [1.807, 2.05) is 0 Å². The Morgan fingerprint density at radius 2 is 1.79 bits per heavy atom. The third-order valence-corrected chi connectivity index (χ3v) is 3.72. The average molecular weight is 320 g/mol. The summed E-state index contributed by atoms with van der Waals surface area (Å²) >= 11 is 11.0. The first-order chi connectivity index (χ1) is 8.71. The Hall–Kier alpha value is -0.590. The van der Waals surface area contributed by atoms with Crippen LogP contribution in [-0.2, 0) is 0 Å². The molecule has 8 heteroatoms. The first-order valence-corrected chi connectivity index (χ1v) is 6.12. The average Bonchev–Trinajstić information content (AvgIpc) is 2.80. The van der Waals surface area contributed by atoms with Crippen molar-refractivity contribution < 1.29 is 22.0 Å². The summed E-state index contributed by atoms with van der Waals surface area (Å²) in [7, 11) is 0. The molecule has 1 aromatic rings. The van der Waals surface area contributed by atoms with E-state index in [1.54, 1.807) is 0 Å². The molecule has 1 saturated heterocycles. The van der Waals surface area contributed by atoms with Crippen molar-refractivity contribution in [3.05, 3.63) is 33.3 Å². The molecule has 0 spiro atoms. The topological polar surface area (TPSA) is 3.24 Å². The number of rotatable bonds is 1. The predicted molar refractivity (Wildman–Crippen MR) is 61.4 cm³/mol. The highest BCUT2D eigenvalue weighted by Crippen LogP contribution is 2.38. The van der Waals surface area contributed by atoms with Crippen LogP contribution in [0.15, 0.2) is 6.07 Å². The number of alkyl halides is 3. The predicted octanol–water partition coefficient (Wildman–Crippen LogP) is 4.58. The zero-order valence-electron chi connectivity index (χ0n) is 9.37. The van der Waals surface area contributed by atoms with Crippen LogP contribution in [0.4, 0.5) is 22.0 Å². The lowest BCUT2D eigenvalue weighted by Crippen LogP contribution is -2.35. The van der Waals surface area contributed by atoms with Crippen LogP contribution in [0.1, 0.15) is 17.9 Å². The first-order valence-electron chi connectivity index (χ1n) is 5.36. The van der Waals surface area contributed by atoms with E-state index < -0.39 is 40.4 Å². The summed E-state index contributed by atoms with van der Waals surface area (Å²) in [5, 5.41) is -1.18. The molecule has 0 aliphatic carbocycles. The fraction of sp³-hybridized carbons (Fsp3) is 0.455. The van der Waals surface area contributed by atoms with Crippen LogP contribution >= 0.6 is 23.2 Å². The van der Waals surface area contributed by atoms with Gasteiger partial charge in [0.05, 0.1) is 5.02 Å². The molecule has 1 aromatic carbocycles. The van der Waals surface area contributed by atoms with Gasteiger partial charge in [0.25, 0.3) is 0 Å². The largest absolute Gasteiger partial charge is 0.459 e. The van der Waals surface area contributed by atoms with Crippen LogP contribution < -0.4 is 0 Å². The van der Waals surface area contributed by atoms with Gasteiger partial charge in [0, 0.05) is 19.0 Å². The number of halogens is 7. The van der Waals surface area contributed by atoms with Gasteiger partial charge in [-0.1, -0.05) is 23.2 Å². The fourth-order valence-corrected chi connectivity index (χ4v) is 2.60. The lowest BCUT2D eigenvalue weighted by molar-refractivity contribution is -0.238. The van der Waals surface area contributed by atoms with Crippen molar-refractivity contribution in [1.82, 2.24) is 4.90 Å². The van der Waals surface area contributed by atoms with E-state index in [0.717, 1.165) is 6.07 Å². The van der Waals surface area contributed by atoms with E-state index in [9.17, 15) is 22.0 Å². The molecular formula is C11H8Cl2F5N. The van der Waals surface area contributed by atoms with Gasteiger partial charge in [-0.25, -0.2) is 13.7 Å². The SMILES string of the molecule is Fc1c(Cl)cc(C2CCN(C(F)(F)F)C2)c(F)c1Cl. The maximum absolute atomic E-state index is 13.8. The Balaban J connectivity index is 2.30. The standard InChI is InChI=1S/C11H8Cl2F5N/c12-7-3-6(9(14)8(13)10(7)15)5-1-2-19(4-5)11(16,17)18/h3,5H,1-2,4H2. The second kappa shape index (κ2) is 5.07. The number of benzene rings is 1. The number of nitrogens with zero attached hydrogens (tertiary/aromatic N) is 1. The quantitative estimate of drug-likeness (QED) is 0.317. The van der Waals surface area contributed by atoms with Gasteiger partial charge >= 0.3 is 6.30 Å². The van der Waals surface area contributed by atoms with E-state index in [1.165, 1.54) is 0 Å². The second-order valence-corrected chi connectivity index (χ2v) is 5.07. The van der Waals surface area contributed by atoms with Gasteiger partial charge in [0.2, 0.25) is 0 Å². The summed E-state index contributed by atoms with van der Waals surface area (Å²) in [5.74, 6) is -2.86. The molecule has 1 aliphatic rings. The third kappa shape index (κ3) is 2.80. The molecular weight excluding hydrogens is 312 g/mol. The zero-order valence-corrected chi connectivity index (χ0v) is 10.9. The molecule has 0 bridgehead atoms. The molecule has 0 radical (unpaired) electrons. The molecule has 1 aliphatic heterocycles. The maximum atomic E-state index is 13.8. The molecule has 106 valence electrons. The minimum atomic E-state index is -4.46. The lowest BCUT2D eigenvalue weighted by atomic mass is 9.98. The lowest BCUT2D eigenvalue weighted by Gasteiger charge is -2.19. The highest BCUT2D eigenvalue weighted by molar-refractivity contribution is 6.35. The van der Waals surface area contributed by atoms with Crippen molar-refractivity contribution in [2.24, 2.45) is 0 Å². The van der Waals surface area contributed by atoms with Gasteiger partial charge < -0.3 is 0 Å². The van der Waals surface area contributed by atoms with Crippen LogP contribution in [0, 0.1) is 11.6 Å². The summed E-state index contributed by atoms with van der Waals surface area (Å²) in [6.07, 6.45) is -4.35. The minimum absolute atomic E-state index is 0.0804. The van der Waals surface area contributed by atoms with E-state index >= 15 is 0 Å². The van der Waals surface area contributed by atoms with Crippen LogP contribution in [0.25, 0.3) is 0 Å². The van der Waals surface area contributed by atoms with Crippen LogP contribution in [-0.4, -0.2) is 24.3 Å². The van der Waals surface area contributed by atoms with Gasteiger partial charge in [-0.2, -0.15) is 13.2 Å². The Labute approximate surface area is 115 Å². The van der Waals surface area contributed by atoms with Crippen LogP contribution in [0.2, 0.25) is 10.0 Å². The molecule has 0 aromatic heterocycles. The Kier molecular flexibility index (Phi) is 3.95. The van der Waals surface area contributed by atoms with Crippen molar-refractivity contribution in [3.8, 4) is 0 Å². The van der Waals surface area contributed by atoms with E-state index in [-0.39, 0.29) is 23.4 Å². The van der Waals surface area contributed by atoms with E-state index in [2.05, 4.69) is 0 Å². The van der Waals surface area contributed by atoms with Crippen molar-refractivity contribution in [2.45, 2.75) is 18.6 Å². The van der Waals surface area contributed by atoms with Gasteiger partial charge in [-0.15, -0.1) is 0 Å². The molecule has 1 heterocycles. The molecule has 19 heavy (non-hydrogen) atoms. The molecule has 1 fully saturated rings. The monoisotopic (exact) mass is 319 g/mol. The van der Waals surface area contributed by atoms with Gasteiger partial charge in [0.1, 0.15) is 10.8 Å². The number of hydrogen-bond acceptors (Lipinski definition) is 1. The van der Waals surface area contributed by atoms with Crippen molar-refractivity contribution in [3.63, 3.8) is 0 Å². The van der Waals surface area contributed by atoms with Crippen molar-refractivity contribution in [1.29, 1.82) is 0 Å². The van der Waals surface area contributed by atoms with Crippen LogP contribution in [0.5, 0.6) is 0 Å². The highest BCUT2D eigenvalue weighted by atomic mass is 35.5.